The lowest BCUT2D eigenvalue weighted by molar-refractivity contribution is 0.0804. The van der Waals surface area contributed by atoms with Crippen LogP contribution < -0.4 is 5.73 Å². The van der Waals surface area contributed by atoms with E-state index in [1.54, 1.807) is 0 Å². The zero-order valence-electron chi connectivity index (χ0n) is 11.9. The van der Waals surface area contributed by atoms with E-state index in [0.717, 1.165) is 6.54 Å². The molecule has 18 heavy (non-hydrogen) atoms. The van der Waals surface area contributed by atoms with Gasteiger partial charge in [0.2, 0.25) is 0 Å². The minimum Gasteiger partial charge on any atom is -0.329 e. The molecule has 1 aromatic rings. The Labute approximate surface area is 111 Å². The normalized spacial score (nSPS) is 21.8. The van der Waals surface area contributed by atoms with E-state index in [1.165, 1.54) is 30.5 Å². The van der Waals surface area contributed by atoms with Crippen LogP contribution in [0.3, 0.4) is 0 Å². The van der Waals surface area contributed by atoms with Crippen LogP contribution in [0.15, 0.2) is 24.3 Å². The van der Waals surface area contributed by atoms with Crippen LogP contribution >= 0.6 is 0 Å². The van der Waals surface area contributed by atoms with Crippen molar-refractivity contribution in [2.24, 2.45) is 11.1 Å². The summed E-state index contributed by atoms with van der Waals surface area (Å²) in [5.74, 6) is 0. The number of nitrogens with two attached hydrogens (primary N) is 1. The zero-order valence-corrected chi connectivity index (χ0v) is 11.9. The fourth-order valence-electron chi connectivity index (χ4n) is 3.17. The number of rotatable bonds is 3. The van der Waals surface area contributed by atoms with E-state index in [-0.39, 0.29) is 0 Å². The molecule has 0 aromatic heterocycles. The van der Waals surface area contributed by atoms with Crippen molar-refractivity contribution in [1.29, 1.82) is 0 Å². The van der Waals surface area contributed by atoms with Crippen molar-refractivity contribution in [3.63, 3.8) is 0 Å². The molecule has 100 valence electrons. The predicted molar refractivity (Wildman–Crippen MR) is 77.6 cm³/mol. The molecule has 1 fully saturated rings. The van der Waals surface area contributed by atoms with Gasteiger partial charge in [0.1, 0.15) is 0 Å². The van der Waals surface area contributed by atoms with Gasteiger partial charge in [-0.3, -0.25) is 4.90 Å². The molecule has 2 rings (SSSR count). The summed E-state index contributed by atoms with van der Waals surface area (Å²) in [7, 11) is 0. The largest absolute Gasteiger partial charge is 0.329 e. The van der Waals surface area contributed by atoms with E-state index >= 15 is 0 Å². The summed E-state index contributed by atoms with van der Waals surface area (Å²) in [5.41, 5.74) is 9.23. The minimum atomic E-state index is 0.380. The maximum absolute atomic E-state index is 6.05. The van der Waals surface area contributed by atoms with Gasteiger partial charge in [-0.2, -0.15) is 0 Å². The molecule has 0 saturated carbocycles. The van der Waals surface area contributed by atoms with Gasteiger partial charge in [0.25, 0.3) is 0 Å². The van der Waals surface area contributed by atoms with Crippen molar-refractivity contribution in [3.05, 3.63) is 35.4 Å². The van der Waals surface area contributed by atoms with Crippen molar-refractivity contribution in [2.75, 3.05) is 19.6 Å². The molecule has 0 aliphatic carbocycles. The third-order valence-electron chi connectivity index (χ3n) is 4.14. The third kappa shape index (κ3) is 2.93. The Bertz CT molecular complexity index is 398. The zero-order chi connectivity index (χ0) is 13.2. The van der Waals surface area contributed by atoms with E-state index in [0.29, 0.717) is 18.0 Å². The standard InChI is InChI=1S/C16H26N2/c1-13-7-4-5-8-14(13)15(11-17)18-10-6-9-16(2,3)12-18/h4-5,7-8,15H,6,9-12,17H2,1-3H3. The highest BCUT2D eigenvalue weighted by Gasteiger charge is 2.30. The second-order valence-corrected chi connectivity index (χ2v) is 6.35. The van der Waals surface area contributed by atoms with Gasteiger partial charge in [-0.05, 0) is 42.9 Å². The number of aryl methyl sites for hydroxylation is 1. The first kappa shape index (κ1) is 13.6. The maximum Gasteiger partial charge on any atom is 0.0473 e. The first-order valence-corrected chi connectivity index (χ1v) is 7.03. The van der Waals surface area contributed by atoms with Crippen LogP contribution in [0, 0.1) is 12.3 Å². The molecule has 1 heterocycles. The predicted octanol–water partition coefficient (Wildman–Crippen LogP) is 3.12. The van der Waals surface area contributed by atoms with E-state index in [9.17, 15) is 0 Å². The lowest BCUT2D eigenvalue weighted by atomic mass is 9.83. The molecular formula is C16H26N2. The Morgan fingerprint density at radius 2 is 2.06 bits per heavy atom. The van der Waals surface area contributed by atoms with Gasteiger partial charge in [0, 0.05) is 19.1 Å². The summed E-state index contributed by atoms with van der Waals surface area (Å²) in [6.45, 7) is 9.96. The lowest BCUT2D eigenvalue weighted by Crippen LogP contribution is -2.44. The summed E-state index contributed by atoms with van der Waals surface area (Å²) in [4.78, 5) is 2.58. The molecule has 0 amide bonds. The molecule has 1 aliphatic rings. The number of hydrogen-bond acceptors (Lipinski definition) is 2. The van der Waals surface area contributed by atoms with Crippen LogP contribution in [-0.2, 0) is 0 Å². The Hall–Kier alpha value is -0.860. The van der Waals surface area contributed by atoms with Crippen LogP contribution in [0.5, 0.6) is 0 Å². The van der Waals surface area contributed by atoms with E-state index < -0.39 is 0 Å². The van der Waals surface area contributed by atoms with E-state index in [4.69, 9.17) is 5.73 Å². The number of likely N-dealkylation sites (tertiary alicyclic amines) is 1. The van der Waals surface area contributed by atoms with Crippen molar-refractivity contribution in [1.82, 2.24) is 4.90 Å². The Morgan fingerprint density at radius 3 is 2.67 bits per heavy atom. The highest BCUT2D eigenvalue weighted by molar-refractivity contribution is 5.29. The van der Waals surface area contributed by atoms with Gasteiger partial charge in [-0.25, -0.2) is 0 Å². The molecule has 0 spiro atoms. The van der Waals surface area contributed by atoms with E-state index in [2.05, 4.69) is 49.9 Å². The highest BCUT2D eigenvalue weighted by atomic mass is 15.2. The van der Waals surface area contributed by atoms with Gasteiger partial charge >= 0.3 is 0 Å². The number of hydrogen-bond donors (Lipinski definition) is 1. The molecule has 1 aliphatic heterocycles. The van der Waals surface area contributed by atoms with Crippen molar-refractivity contribution >= 4 is 0 Å². The SMILES string of the molecule is Cc1ccccc1C(CN)N1CCCC(C)(C)C1. The fraction of sp³-hybridized carbons (Fsp3) is 0.625. The molecule has 2 nitrogen and oxygen atoms in total. The Kier molecular flexibility index (Phi) is 4.08. The van der Waals surface area contributed by atoms with Crippen molar-refractivity contribution in [3.8, 4) is 0 Å². The monoisotopic (exact) mass is 246 g/mol. The van der Waals surface area contributed by atoms with Gasteiger partial charge < -0.3 is 5.73 Å². The Balaban J connectivity index is 2.21. The molecule has 1 unspecified atom stereocenters. The lowest BCUT2D eigenvalue weighted by Gasteiger charge is -2.42. The number of piperidine rings is 1. The Morgan fingerprint density at radius 1 is 1.33 bits per heavy atom. The maximum atomic E-state index is 6.05. The summed E-state index contributed by atoms with van der Waals surface area (Å²) in [5, 5.41) is 0. The molecule has 0 bridgehead atoms. The second-order valence-electron chi connectivity index (χ2n) is 6.35. The molecule has 0 radical (unpaired) electrons. The van der Waals surface area contributed by atoms with Crippen molar-refractivity contribution < 1.29 is 0 Å². The highest BCUT2D eigenvalue weighted by Crippen LogP contribution is 2.33. The van der Waals surface area contributed by atoms with Crippen molar-refractivity contribution in [2.45, 2.75) is 39.7 Å². The molecule has 2 heteroatoms. The second kappa shape index (κ2) is 5.41. The van der Waals surface area contributed by atoms with Gasteiger partial charge in [-0.15, -0.1) is 0 Å². The number of nitrogens with zero attached hydrogens (tertiary/aromatic N) is 1. The summed E-state index contributed by atoms with van der Waals surface area (Å²) >= 11 is 0. The fourth-order valence-corrected chi connectivity index (χ4v) is 3.17. The summed E-state index contributed by atoms with van der Waals surface area (Å²) in [6, 6.07) is 9.03. The summed E-state index contributed by atoms with van der Waals surface area (Å²) in [6.07, 6.45) is 2.62. The summed E-state index contributed by atoms with van der Waals surface area (Å²) < 4.78 is 0. The molecule has 1 atom stereocenters. The van der Waals surface area contributed by atoms with Gasteiger partial charge in [0.15, 0.2) is 0 Å². The average molecular weight is 246 g/mol. The quantitative estimate of drug-likeness (QED) is 0.888. The molecule has 2 N–H and O–H groups in total. The molecule has 1 aromatic carbocycles. The molecular weight excluding hydrogens is 220 g/mol. The van der Waals surface area contributed by atoms with E-state index in [1.807, 2.05) is 0 Å². The van der Waals surface area contributed by atoms with Crippen LogP contribution in [0.25, 0.3) is 0 Å². The third-order valence-corrected chi connectivity index (χ3v) is 4.14. The first-order valence-electron chi connectivity index (χ1n) is 7.03. The number of benzene rings is 1. The first-order chi connectivity index (χ1) is 8.53. The van der Waals surface area contributed by atoms with Gasteiger partial charge in [0.05, 0.1) is 0 Å². The van der Waals surface area contributed by atoms with Gasteiger partial charge in [-0.1, -0.05) is 38.1 Å². The van der Waals surface area contributed by atoms with Crippen LogP contribution in [0.2, 0.25) is 0 Å². The smallest absolute Gasteiger partial charge is 0.0473 e. The van der Waals surface area contributed by atoms with Crippen LogP contribution in [0.4, 0.5) is 0 Å². The molecule has 1 saturated heterocycles. The average Bonchev–Trinajstić information content (AvgIpc) is 2.31. The van der Waals surface area contributed by atoms with Crippen LogP contribution in [-0.4, -0.2) is 24.5 Å². The van der Waals surface area contributed by atoms with Crippen LogP contribution in [0.1, 0.15) is 43.9 Å². The topological polar surface area (TPSA) is 29.3 Å². The minimum absolute atomic E-state index is 0.380.